The number of hydrogen-bond donors (Lipinski definition) is 0. The van der Waals surface area contributed by atoms with Gasteiger partial charge in [-0.15, -0.1) is 5.92 Å². The summed E-state index contributed by atoms with van der Waals surface area (Å²) >= 11 is 0. The van der Waals surface area contributed by atoms with E-state index in [4.69, 9.17) is 4.74 Å². The van der Waals surface area contributed by atoms with Gasteiger partial charge in [-0.05, 0) is 67.6 Å². The molecule has 0 bridgehead atoms. The fourth-order valence-corrected chi connectivity index (χ4v) is 6.89. The molecule has 3 saturated carbocycles. The number of allylic oxidation sites excluding steroid dienone is 3. The van der Waals surface area contributed by atoms with Crippen molar-refractivity contribution < 1.29 is 14.3 Å². The molecule has 3 heteroatoms. The van der Waals surface area contributed by atoms with Crippen molar-refractivity contribution in [1.82, 2.24) is 0 Å². The lowest BCUT2D eigenvalue weighted by Crippen LogP contribution is -2.53. The maximum atomic E-state index is 12.7. The first kappa shape index (κ1) is 21.6. The van der Waals surface area contributed by atoms with Gasteiger partial charge in [0.05, 0.1) is 6.10 Å². The molecule has 0 spiro atoms. The molecule has 0 heterocycles. The predicted molar refractivity (Wildman–Crippen MR) is 119 cm³/mol. The molecule has 4 aliphatic carbocycles. The molecule has 6 unspecified atom stereocenters. The lowest BCUT2D eigenvalue weighted by atomic mass is 9.48. The minimum atomic E-state index is -0.156. The zero-order valence-corrected chi connectivity index (χ0v) is 18.8. The van der Waals surface area contributed by atoms with Crippen molar-refractivity contribution in [2.75, 3.05) is 6.61 Å². The van der Waals surface area contributed by atoms with Crippen LogP contribution in [0.2, 0.25) is 0 Å². The highest BCUT2D eigenvalue weighted by Gasteiger charge is 2.60. The van der Waals surface area contributed by atoms with Crippen LogP contribution in [0, 0.1) is 40.4 Å². The number of unbranched alkanes of at least 4 members (excludes halogenated alkanes) is 3. The Kier molecular flexibility index (Phi) is 6.08. The van der Waals surface area contributed by atoms with Gasteiger partial charge in [0.2, 0.25) is 0 Å². The summed E-state index contributed by atoms with van der Waals surface area (Å²) in [5.74, 6) is 8.35. The maximum absolute atomic E-state index is 12.7. The molecule has 0 aromatic carbocycles. The second-order valence-corrected chi connectivity index (χ2v) is 10.3. The summed E-state index contributed by atoms with van der Waals surface area (Å²) < 4.78 is 6.32. The van der Waals surface area contributed by atoms with Gasteiger partial charge in [0.1, 0.15) is 12.4 Å². The Bertz CT molecular complexity index is 825. The van der Waals surface area contributed by atoms with Crippen molar-refractivity contribution in [3.63, 3.8) is 0 Å². The molecule has 4 rings (SSSR count). The number of ether oxygens (including phenoxy) is 1. The van der Waals surface area contributed by atoms with Crippen LogP contribution in [0.4, 0.5) is 0 Å². The molecular formula is C27H36O3. The van der Waals surface area contributed by atoms with Crippen molar-refractivity contribution in [3.05, 3.63) is 23.8 Å². The van der Waals surface area contributed by atoms with E-state index in [1.807, 2.05) is 6.08 Å². The van der Waals surface area contributed by atoms with E-state index in [2.05, 4.69) is 38.7 Å². The molecule has 162 valence electrons. The van der Waals surface area contributed by atoms with Crippen LogP contribution in [-0.2, 0) is 14.3 Å². The highest BCUT2D eigenvalue weighted by Crippen LogP contribution is 2.63. The van der Waals surface area contributed by atoms with Gasteiger partial charge >= 0.3 is 0 Å². The van der Waals surface area contributed by atoms with Crippen LogP contribution in [-0.4, -0.2) is 24.3 Å². The first-order chi connectivity index (χ1) is 14.4. The topological polar surface area (TPSA) is 43.4 Å². The summed E-state index contributed by atoms with van der Waals surface area (Å²) in [6.07, 6.45) is 14.8. The number of ketones is 2. The van der Waals surface area contributed by atoms with Crippen LogP contribution in [0.3, 0.4) is 0 Å². The van der Waals surface area contributed by atoms with Crippen LogP contribution in [0.1, 0.15) is 78.6 Å². The Labute approximate surface area is 181 Å². The molecule has 3 fully saturated rings. The van der Waals surface area contributed by atoms with Crippen molar-refractivity contribution in [1.29, 1.82) is 0 Å². The van der Waals surface area contributed by atoms with Gasteiger partial charge < -0.3 is 4.74 Å². The number of carbonyl (C=O) groups is 2. The quantitative estimate of drug-likeness (QED) is 0.449. The molecular weight excluding hydrogens is 372 g/mol. The Hall–Kier alpha value is -1.66. The molecule has 0 saturated heterocycles. The Morgan fingerprint density at radius 2 is 1.97 bits per heavy atom. The largest absolute Gasteiger partial charge is 0.361 e. The van der Waals surface area contributed by atoms with Crippen molar-refractivity contribution >= 4 is 11.6 Å². The third-order valence-electron chi connectivity index (χ3n) is 8.65. The lowest BCUT2D eigenvalue weighted by molar-refractivity contribution is -0.133. The summed E-state index contributed by atoms with van der Waals surface area (Å²) in [5.41, 5.74) is 0.830. The number of carbonyl (C=O) groups excluding carboxylic acids is 2. The smallest absolute Gasteiger partial charge is 0.178 e. The molecule has 6 atom stereocenters. The Morgan fingerprint density at radius 1 is 1.13 bits per heavy atom. The van der Waals surface area contributed by atoms with Gasteiger partial charge in [0.15, 0.2) is 5.78 Å². The normalized spacial score (nSPS) is 39.5. The summed E-state index contributed by atoms with van der Waals surface area (Å²) in [6, 6.07) is 0. The monoisotopic (exact) mass is 408 g/mol. The van der Waals surface area contributed by atoms with Crippen LogP contribution < -0.4 is 0 Å². The molecule has 4 aliphatic rings. The van der Waals surface area contributed by atoms with Gasteiger partial charge in [-0.2, -0.15) is 0 Å². The molecule has 0 aromatic heterocycles. The van der Waals surface area contributed by atoms with Gasteiger partial charge in [-0.3, -0.25) is 9.59 Å². The zero-order chi connectivity index (χ0) is 21.4. The summed E-state index contributed by atoms with van der Waals surface area (Å²) in [4.78, 5) is 24.9. The molecule has 0 radical (unpaired) electrons. The molecule has 0 amide bonds. The second-order valence-electron chi connectivity index (χ2n) is 10.3. The maximum Gasteiger partial charge on any atom is 0.178 e. The Morgan fingerprint density at radius 3 is 2.77 bits per heavy atom. The highest BCUT2D eigenvalue weighted by atomic mass is 16.5. The van der Waals surface area contributed by atoms with Crippen LogP contribution in [0.5, 0.6) is 0 Å². The lowest BCUT2D eigenvalue weighted by Gasteiger charge is -2.57. The minimum Gasteiger partial charge on any atom is -0.361 e. The summed E-state index contributed by atoms with van der Waals surface area (Å²) in [7, 11) is 0. The third kappa shape index (κ3) is 3.62. The van der Waals surface area contributed by atoms with Gasteiger partial charge in [-0.25, -0.2) is 0 Å². The van der Waals surface area contributed by atoms with E-state index >= 15 is 0 Å². The van der Waals surface area contributed by atoms with Crippen molar-refractivity contribution in [2.24, 2.45) is 28.6 Å². The number of Topliss-reactive ketones (excluding diaryl/α,β-unsaturated/α-hetero) is 1. The van der Waals surface area contributed by atoms with E-state index in [-0.39, 0.29) is 22.7 Å². The Balaban J connectivity index is 1.55. The van der Waals surface area contributed by atoms with E-state index < -0.39 is 0 Å². The molecule has 3 nitrogen and oxygen atoms in total. The molecule has 0 N–H and O–H groups in total. The van der Waals surface area contributed by atoms with E-state index in [0.29, 0.717) is 30.1 Å². The zero-order valence-electron chi connectivity index (χ0n) is 18.8. The second kappa shape index (κ2) is 8.46. The predicted octanol–water partition coefficient (Wildman–Crippen LogP) is 5.44. The minimum absolute atomic E-state index is 0.0665. The van der Waals surface area contributed by atoms with Crippen molar-refractivity contribution in [3.8, 4) is 11.8 Å². The van der Waals surface area contributed by atoms with Crippen LogP contribution >= 0.6 is 0 Å². The highest BCUT2D eigenvalue weighted by molar-refractivity contribution is 6.01. The average molecular weight is 409 g/mol. The van der Waals surface area contributed by atoms with Gasteiger partial charge in [0, 0.05) is 23.7 Å². The van der Waals surface area contributed by atoms with Crippen molar-refractivity contribution in [2.45, 2.75) is 84.7 Å². The number of fused-ring (bicyclic) bond motifs is 5. The van der Waals surface area contributed by atoms with E-state index in [9.17, 15) is 9.59 Å². The number of hydrogen-bond acceptors (Lipinski definition) is 3. The van der Waals surface area contributed by atoms with Crippen LogP contribution in [0.25, 0.3) is 0 Å². The first-order valence-corrected chi connectivity index (χ1v) is 12.0. The third-order valence-corrected chi connectivity index (χ3v) is 8.65. The average Bonchev–Trinajstić information content (AvgIpc) is 3.03. The molecule has 0 aliphatic heterocycles. The van der Waals surface area contributed by atoms with Gasteiger partial charge in [-0.1, -0.05) is 45.6 Å². The SMILES string of the molecule is CCCCCC#CCOC1CC2C(CCC3(C)C(=O)CCC23)C2(C)C=CC(=O)C=C12. The standard InChI is InChI=1S/C27H36O3/c1-4-5-6-7-8-9-16-30-24-18-20-21-10-11-25(29)27(21,3)15-13-22(20)26(2)14-12-19(28)17-23(24)26/h12,14,17,20-22,24H,4-7,10-11,13,15-16,18H2,1-3H3. The summed E-state index contributed by atoms with van der Waals surface area (Å²) in [5, 5.41) is 0. The fourth-order valence-electron chi connectivity index (χ4n) is 6.89. The van der Waals surface area contributed by atoms with E-state index in [1.165, 1.54) is 12.8 Å². The van der Waals surface area contributed by atoms with Crippen LogP contribution in [0.15, 0.2) is 23.8 Å². The van der Waals surface area contributed by atoms with E-state index in [1.54, 1.807) is 6.08 Å². The molecule has 0 aromatic rings. The number of rotatable bonds is 5. The first-order valence-electron chi connectivity index (χ1n) is 12.0. The fraction of sp³-hybridized carbons (Fsp3) is 0.704. The van der Waals surface area contributed by atoms with Gasteiger partial charge in [0.25, 0.3) is 0 Å². The van der Waals surface area contributed by atoms with E-state index in [0.717, 1.165) is 50.5 Å². The molecule has 30 heavy (non-hydrogen) atoms. The summed E-state index contributed by atoms with van der Waals surface area (Å²) in [6.45, 7) is 7.10.